The Morgan fingerprint density at radius 3 is 2.20 bits per heavy atom. The Balaban J connectivity index is 1.54. The van der Waals surface area contributed by atoms with Crippen molar-refractivity contribution in [1.82, 2.24) is 0 Å². The third-order valence-corrected chi connectivity index (χ3v) is 8.76. The molecular weight excluding hydrogens is 516 g/mol. The van der Waals surface area contributed by atoms with Gasteiger partial charge >= 0.3 is 0 Å². The van der Waals surface area contributed by atoms with Crippen molar-refractivity contribution < 1.29 is 19.3 Å². The second-order valence-electron chi connectivity index (χ2n) is 10.8. The molecule has 1 saturated heterocycles. The maximum atomic E-state index is 14.7. The third-order valence-electron chi connectivity index (χ3n) is 8.76. The number of anilines is 1. The van der Waals surface area contributed by atoms with Crippen LogP contribution in [-0.4, -0.2) is 34.4 Å². The van der Waals surface area contributed by atoms with Crippen LogP contribution >= 0.6 is 0 Å². The monoisotopic (exact) mass is 540 g/mol. The van der Waals surface area contributed by atoms with E-state index in [1.165, 1.54) is 18.2 Å². The van der Waals surface area contributed by atoms with Crippen molar-refractivity contribution in [3.8, 4) is 0 Å². The minimum atomic E-state index is -1.61. The molecule has 7 rings (SSSR count). The Labute approximate surface area is 235 Å². The molecule has 4 aromatic rings. The smallest absolute Gasteiger partial charge is 0.270 e. The molecule has 0 unspecified atom stereocenters. The van der Waals surface area contributed by atoms with E-state index in [1.54, 1.807) is 30.3 Å². The maximum absolute atomic E-state index is 14.7. The van der Waals surface area contributed by atoms with Gasteiger partial charge in [0.05, 0.1) is 11.0 Å². The van der Waals surface area contributed by atoms with Crippen LogP contribution in [0.2, 0.25) is 0 Å². The van der Waals surface area contributed by atoms with Crippen molar-refractivity contribution in [1.29, 1.82) is 0 Å². The van der Waals surface area contributed by atoms with Crippen LogP contribution in [0.3, 0.4) is 0 Å². The summed E-state index contributed by atoms with van der Waals surface area (Å²) in [7, 11) is 0. The molecule has 0 bridgehead atoms. The number of rotatable bonds is 4. The quantitative estimate of drug-likeness (QED) is 0.132. The normalized spacial score (nSPS) is 21.5. The number of para-hydroxylation sites is 1. The lowest BCUT2D eigenvalue weighted by atomic mass is 9.64. The third kappa shape index (κ3) is 3.35. The summed E-state index contributed by atoms with van der Waals surface area (Å²) in [6, 6.07) is 25.9. The Bertz CT molecular complexity index is 1790. The summed E-state index contributed by atoms with van der Waals surface area (Å²) in [4.78, 5) is 56.9. The fourth-order valence-electron chi connectivity index (χ4n) is 7.01. The number of nitro benzene ring substituents is 1. The van der Waals surface area contributed by atoms with Gasteiger partial charge in [-0.05, 0) is 24.1 Å². The number of ketones is 3. The van der Waals surface area contributed by atoms with Gasteiger partial charge in [-0.2, -0.15) is 0 Å². The van der Waals surface area contributed by atoms with E-state index in [9.17, 15) is 24.5 Å². The molecule has 2 aliphatic heterocycles. The molecular formula is C34H24N2O5. The number of Topliss-reactive ketones (excluding diaryl/α,β-unsaturated/α-hetero) is 3. The van der Waals surface area contributed by atoms with E-state index in [0.29, 0.717) is 16.7 Å². The average molecular weight is 541 g/mol. The topological polar surface area (TPSA) is 97.6 Å². The van der Waals surface area contributed by atoms with Gasteiger partial charge in [0.15, 0.2) is 17.3 Å². The van der Waals surface area contributed by atoms with Gasteiger partial charge in [-0.3, -0.25) is 24.5 Å². The molecule has 0 N–H and O–H groups in total. The highest BCUT2D eigenvalue weighted by Gasteiger charge is 2.71. The minimum Gasteiger partial charge on any atom is -0.352 e. The van der Waals surface area contributed by atoms with Gasteiger partial charge in [-0.25, -0.2) is 0 Å². The minimum absolute atomic E-state index is 0.152. The SMILES string of the molecule is Cc1ccc([C@@H]2[C@H](C(=O)c3cccc([N+](=O)[O-])c3)N3c4ccccc4C=C[C@@H]3C23C(=O)c2ccccc2C3=O)cc1. The molecule has 7 heteroatoms. The van der Waals surface area contributed by atoms with Crippen LogP contribution in [-0.2, 0) is 0 Å². The number of non-ortho nitro benzene ring substituents is 1. The summed E-state index contributed by atoms with van der Waals surface area (Å²) < 4.78 is 0. The van der Waals surface area contributed by atoms with Gasteiger partial charge in [-0.1, -0.05) is 96.6 Å². The molecule has 0 saturated carbocycles. The standard InChI is InChI=1S/C34H24N2O5/c1-20-13-15-22(16-14-20)29-30(31(37)23-8-6-9-24(19-23)36(40)41)35-27-12-5-2-7-21(27)17-18-28(35)34(29)32(38)25-10-3-4-11-26(25)33(34)39/h2-19,28-30H,1H3/t28-,29-,30-/m1/s1. The first kappa shape index (κ1) is 24.8. The zero-order chi connectivity index (χ0) is 28.5. The summed E-state index contributed by atoms with van der Waals surface area (Å²) in [5, 5.41) is 11.6. The maximum Gasteiger partial charge on any atom is 0.270 e. The number of nitro groups is 1. The molecule has 200 valence electrons. The molecule has 41 heavy (non-hydrogen) atoms. The Morgan fingerprint density at radius 1 is 0.854 bits per heavy atom. The van der Waals surface area contributed by atoms with Crippen LogP contribution in [0, 0.1) is 22.5 Å². The molecule has 2 heterocycles. The van der Waals surface area contributed by atoms with Crippen molar-refractivity contribution >= 4 is 34.8 Å². The number of fused-ring (bicyclic) bond motifs is 5. The highest BCUT2D eigenvalue weighted by molar-refractivity contribution is 6.32. The molecule has 1 aliphatic carbocycles. The van der Waals surface area contributed by atoms with Crippen molar-refractivity contribution in [2.75, 3.05) is 4.90 Å². The van der Waals surface area contributed by atoms with Crippen molar-refractivity contribution in [3.05, 3.63) is 147 Å². The first-order chi connectivity index (χ1) is 19.8. The van der Waals surface area contributed by atoms with E-state index in [1.807, 2.05) is 72.5 Å². The van der Waals surface area contributed by atoms with Gasteiger partial charge in [0, 0.05) is 40.4 Å². The summed E-state index contributed by atoms with van der Waals surface area (Å²) in [5.74, 6) is -1.86. The van der Waals surface area contributed by atoms with Crippen LogP contribution in [0.25, 0.3) is 6.08 Å². The van der Waals surface area contributed by atoms with E-state index < -0.39 is 28.3 Å². The molecule has 3 atom stereocenters. The predicted molar refractivity (Wildman–Crippen MR) is 154 cm³/mol. The first-order valence-corrected chi connectivity index (χ1v) is 13.4. The summed E-state index contributed by atoms with van der Waals surface area (Å²) in [5.41, 5.74) is 2.32. The van der Waals surface area contributed by atoms with Crippen molar-refractivity contribution in [2.24, 2.45) is 5.41 Å². The fourth-order valence-corrected chi connectivity index (χ4v) is 7.01. The molecule has 7 nitrogen and oxygen atoms in total. The van der Waals surface area contributed by atoms with Crippen LogP contribution in [0.5, 0.6) is 0 Å². The van der Waals surface area contributed by atoms with E-state index in [0.717, 1.165) is 16.8 Å². The number of hydrogen-bond donors (Lipinski definition) is 0. The van der Waals surface area contributed by atoms with E-state index in [4.69, 9.17) is 0 Å². The number of aryl methyl sites for hydroxylation is 1. The van der Waals surface area contributed by atoms with Crippen molar-refractivity contribution in [3.63, 3.8) is 0 Å². The Hall–Kier alpha value is -5.17. The number of carbonyl (C=O) groups excluding carboxylic acids is 3. The van der Waals surface area contributed by atoms with Gasteiger partial charge in [-0.15, -0.1) is 0 Å². The van der Waals surface area contributed by atoms with Crippen LogP contribution < -0.4 is 4.90 Å². The Morgan fingerprint density at radius 2 is 1.51 bits per heavy atom. The molecule has 3 aliphatic rings. The Kier molecular flexibility index (Phi) is 5.41. The van der Waals surface area contributed by atoms with Gasteiger partial charge in [0.1, 0.15) is 11.5 Å². The second-order valence-corrected chi connectivity index (χ2v) is 10.8. The van der Waals surface area contributed by atoms with Crippen molar-refractivity contribution in [2.45, 2.75) is 24.9 Å². The number of benzene rings is 4. The lowest BCUT2D eigenvalue weighted by molar-refractivity contribution is -0.384. The number of hydrogen-bond acceptors (Lipinski definition) is 6. The lowest BCUT2D eigenvalue weighted by Crippen LogP contribution is -2.48. The lowest BCUT2D eigenvalue weighted by Gasteiger charge is -2.37. The summed E-state index contributed by atoms with van der Waals surface area (Å²) in [6.45, 7) is 1.95. The highest BCUT2D eigenvalue weighted by atomic mass is 16.6. The molecule has 1 spiro atoms. The predicted octanol–water partition coefficient (Wildman–Crippen LogP) is 6.22. The zero-order valence-electron chi connectivity index (χ0n) is 22.1. The van der Waals surface area contributed by atoms with Gasteiger partial charge < -0.3 is 4.90 Å². The number of carbonyl (C=O) groups is 3. The van der Waals surface area contributed by atoms with Crippen LogP contribution in [0.1, 0.15) is 53.7 Å². The molecule has 0 amide bonds. The number of nitrogens with zero attached hydrogens (tertiary/aromatic N) is 2. The fraction of sp³-hybridized carbons (Fsp3) is 0.147. The van der Waals surface area contributed by atoms with Gasteiger partial charge in [0.2, 0.25) is 0 Å². The molecule has 0 radical (unpaired) electrons. The first-order valence-electron chi connectivity index (χ1n) is 13.4. The van der Waals surface area contributed by atoms with E-state index >= 15 is 0 Å². The second kappa shape index (κ2) is 8.93. The van der Waals surface area contributed by atoms with Crippen LogP contribution in [0.4, 0.5) is 11.4 Å². The molecule has 0 aromatic heterocycles. The molecule has 4 aromatic carbocycles. The summed E-state index contributed by atoms with van der Waals surface area (Å²) >= 11 is 0. The van der Waals surface area contributed by atoms with Gasteiger partial charge in [0.25, 0.3) is 5.69 Å². The zero-order valence-corrected chi connectivity index (χ0v) is 22.1. The van der Waals surface area contributed by atoms with Crippen LogP contribution in [0.15, 0.2) is 103 Å². The van der Waals surface area contributed by atoms with E-state index in [-0.39, 0.29) is 28.6 Å². The average Bonchev–Trinajstić information content (AvgIpc) is 3.43. The largest absolute Gasteiger partial charge is 0.352 e. The highest BCUT2D eigenvalue weighted by Crippen LogP contribution is 2.61. The summed E-state index contributed by atoms with van der Waals surface area (Å²) in [6.07, 6.45) is 3.78. The van der Waals surface area contributed by atoms with E-state index in [2.05, 4.69) is 0 Å². The molecule has 1 fully saturated rings.